The number of amides is 2. The van der Waals surface area contributed by atoms with Crippen molar-refractivity contribution in [2.75, 3.05) is 32.8 Å². The first kappa shape index (κ1) is 16.7. The molecule has 4 N–H and O–H groups in total. The van der Waals surface area contributed by atoms with Crippen molar-refractivity contribution in [2.45, 2.75) is 18.9 Å². The summed E-state index contributed by atoms with van der Waals surface area (Å²) in [5, 5.41) is 0. The van der Waals surface area contributed by atoms with Crippen LogP contribution in [0.1, 0.15) is 39.6 Å². The third-order valence-corrected chi connectivity index (χ3v) is 4.76. The average molecular weight is 334 g/mol. The molecule has 0 bridgehead atoms. The number of primary amides is 2. The lowest BCUT2D eigenvalue weighted by molar-refractivity contribution is 0.0366. The molecule has 8 nitrogen and oxygen atoms in total. The Bertz CT molecular complexity index is 709. The van der Waals surface area contributed by atoms with Crippen molar-refractivity contribution in [3.8, 4) is 0 Å². The SMILES string of the molecule is NC(=O)c1cc(C(N)=O)c(=O)n(C2CC2CCN2CCOCC2)c1. The molecule has 1 saturated carbocycles. The van der Waals surface area contributed by atoms with Crippen LogP contribution in [-0.4, -0.2) is 54.1 Å². The van der Waals surface area contributed by atoms with Crippen LogP contribution in [0.4, 0.5) is 0 Å². The van der Waals surface area contributed by atoms with E-state index in [1.165, 1.54) is 16.8 Å². The Morgan fingerprint density at radius 2 is 1.92 bits per heavy atom. The van der Waals surface area contributed by atoms with E-state index in [0.717, 1.165) is 45.7 Å². The number of nitrogens with zero attached hydrogens (tertiary/aromatic N) is 2. The monoisotopic (exact) mass is 334 g/mol. The minimum atomic E-state index is -0.845. The molecule has 2 heterocycles. The fourth-order valence-electron chi connectivity index (χ4n) is 3.22. The lowest BCUT2D eigenvalue weighted by Gasteiger charge is -2.26. The summed E-state index contributed by atoms with van der Waals surface area (Å²) in [6, 6.07) is 1.17. The lowest BCUT2D eigenvalue weighted by atomic mass is 10.1. The number of rotatable bonds is 6. The molecule has 0 aromatic carbocycles. The van der Waals surface area contributed by atoms with Gasteiger partial charge < -0.3 is 20.8 Å². The number of hydrogen-bond acceptors (Lipinski definition) is 5. The molecule has 2 fully saturated rings. The van der Waals surface area contributed by atoms with Crippen molar-refractivity contribution < 1.29 is 14.3 Å². The van der Waals surface area contributed by atoms with E-state index in [-0.39, 0.29) is 17.2 Å². The van der Waals surface area contributed by atoms with E-state index in [0.29, 0.717) is 5.92 Å². The molecule has 1 aliphatic carbocycles. The second-order valence-corrected chi connectivity index (χ2v) is 6.39. The maximum atomic E-state index is 12.4. The molecule has 2 amide bonds. The summed E-state index contributed by atoms with van der Waals surface area (Å²) < 4.78 is 6.77. The summed E-state index contributed by atoms with van der Waals surface area (Å²) >= 11 is 0. The van der Waals surface area contributed by atoms with Gasteiger partial charge in [-0.05, 0) is 31.4 Å². The van der Waals surface area contributed by atoms with Gasteiger partial charge >= 0.3 is 0 Å². The topological polar surface area (TPSA) is 121 Å². The van der Waals surface area contributed by atoms with Gasteiger partial charge in [0.25, 0.3) is 11.5 Å². The maximum Gasteiger partial charge on any atom is 0.263 e. The second kappa shape index (κ2) is 6.74. The van der Waals surface area contributed by atoms with Crippen LogP contribution in [0.15, 0.2) is 17.1 Å². The van der Waals surface area contributed by atoms with Crippen LogP contribution in [0.2, 0.25) is 0 Å². The third kappa shape index (κ3) is 3.49. The van der Waals surface area contributed by atoms with Gasteiger partial charge in [-0.3, -0.25) is 19.3 Å². The van der Waals surface area contributed by atoms with E-state index in [1.54, 1.807) is 0 Å². The number of aromatic nitrogens is 1. The number of pyridine rings is 1. The molecule has 130 valence electrons. The zero-order valence-corrected chi connectivity index (χ0v) is 13.4. The summed E-state index contributed by atoms with van der Waals surface area (Å²) in [5.74, 6) is -1.17. The lowest BCUT2D eigenvalue weighted by Crippen LogP contribution is -2.37. The zero-order chi connectivity index (χ0) is 17.3. The normalized spacial score (nSPS) is 23.8. The number of morpholine rings is 1. The van der Waals surface area contributed by atoms with Crippen LogP contribution in [0.3, 0.4) is 0 Å². The molecule has 24 heavy (non-hydrogen) atoms. The van der Waals surface area contributed by atoms with Crippen molar-refractivity contribution in [3.05, 3.63) is 33.7 Å². The van der Waals surface area contributed by atoms with E-state index >= 15 is 0 Å². The van der Waals surface area contributed by atoms with Crippen LogP contribution in [0.5, 0.6) is 0 Å². The van der Waals surface area contributed by atoms with Crippen LogP contribution < -0.4 is 17.0 Å². The molecule has 1 aromatic heterocycles. The minimum Gasteiger partial charge on any atom is -0.379 e. The summed E-state index contributed by atoms with van der Waals surface area (Å²) in [5.41, 5.74) is 10.0. The first-order valence-corrected chi connectivity index (χ1v) is 8.13. The molecular formula is C16H22N4O4. The van der Waals surface area contributed by atoms with Crippen molar-refractivity contribution in [3.63, 3.8) is 0 Å². The van der Waals surface area contributed by atoms with Gasteiger partial charge in [0, 0.05) is 25.3 Å². The molecule has 8 heteroatoms. The van der Waals surface area contributed by atoms with Gasteiger partial charge in [0.1, 0.15) is 5.56 Å². The number of ether oxygens (including phenoxy) is 1. The van der Waals surface area contributed by atoms with Crippen molar-refractivity contribution in [2.24, 2.45) is 17.4 Å². The Kier molecular flexibility index (Phi) is 4.68. The van der Waals surface area contributed by atoms with E-state index in [4.69, 9.17) is 16.2 Å². The van der Waals surface area contributed by atoms with Crippen molar-refractivity contribution in [1.82, 2.24) is 9.47 Å². The van der Waals surface area contributed by atoms with Crippen LogP contribution in [0.25, 0.3) is 0 Å². The fraction of sp³-hybridized carbons (Fsp3) is 0.562. The van der Waals surface area contributed by atoms with Gasteiger partial charge in [-0.15, -0.1) is 0 Å². The molecule has 0 spiro atoms. The average Bonchev–Trinajstić information content (AvgIpc) is 3.33. The Morgan fingerprint density at radius 1 is 1.21 bits per heavy atom. The smallest absolute Gasteiger partial charge is 0.263 e. The van der Waals surface area contributed by atoms with Gasteiger partial charge in [-0.25, -0.2) is 0 Å². The highest BCUT2D eigenvalue weighted by Crippen LogP contribution is 2.45. The molecule has 1 aliphatic heterocycles. The predicted octanol–water partition coefficient (Wildman–Crippen LogP) is -0.671. The first-order chi connectivity index (χ1) is 11.5. The predicted molar refractivity (Wildman–Crippen MR) is 86.8 cm³/mol. The quantitative estimate of drug-likeness (QED) is 0.715. The fourth-order valence-corrected chi connectivity index (χ4v) is 3.22. The van der Waals surface area contributed by atoms with Crippen molar-refractivity contribution >= 4 is 11.8 Å². The summed E-state index contributed by atoms with van der Waals surface area (Å²) in [6.45, 7) is 4.34. The number of carbonyl (C=O) groups excluding carboxylic acids is 2. The van der Waals surface area contributed by atoms with Gasteiger partial charge in [-0.1, -0.05) is 0 Å². The second-order valence-electron chi connectivity index (χ2n) is 6.39. The first-order valence-electron chi connectivity index (χ1n) is 8.13. The summed E-state index contributed by atoms with van der Waals surface area (Å²) in [4.78, 5) is 37.6. The Hall–Kier alpha value is -2.19. The largest absolute Gasteiger partial charge is 0.379 e. The van der Waals surface area contributed by atoms with E-state index in [1.807, 2.05) is 0 Å². The number of hydrogen-bond donors (Lipinski definition) is 2. The summed E-state index contributed by atoms with van der Waals surface area (Å²) in [6.07, 6.45) is 3.25. The maximum absolute atomic E-state index is 12.4. The van der Waals surface area contributed by atoms with E-state index in [9.17, 15) is 14.4 Å². The third-order valence-electron chi connectivity index (χ3n) is 4.76. The summed E-state index contributed by atoms with van der Waals surface area (Å²) in [7, 11) is 0. The Labute approximate surface area is 139 Å². The van der Waals surface area contributed by atoms with Gasteiger partial charge in [-0.2, -0.15) is 0 Å². The van der Waals surface area contributed by atoms with Crippen molar-refractivity contribution in [1.29, 1.82) is 0 Å². The highest BCUT2D eigenvalue weighted by Gasteiger charge is 2.39. The minimum absolute atomic E-state index is 0.00376. The van der Waals surface area contributed by atoms with Gasteiger partial charge in [0.15, 0.2) is 0 Å². The molecule has 1 saturated heterocycles. The number of nitrogens with two attached hydrogens (primary N) is 2. The van der Waals surface area contributed by atoms with E-state index in [2.05, 4.69) is 4.90 Å². The molecule has 3 rings (SSSR count). The highest BCUT2D eigenvalue weighted by atomic mass is 16.5. The molecule has 2 atom stereocenters. The van der Waals surface area contributed by atoms with E-state index < -0.39 is 17.4 Å². The Morgan fingerprint density at radius 3 is 2.54 bits per heavy atom. The molecule has 2 unspecified atom stereocenters. The molecular weight excluding hydrogens is 312 g/mol. The Balaban J connectivity index is 1.72. The highest BCUT2D eigenvalue weighted by molar-refractivity contribution is 5.97. The van der Waals surface area contributed by atoms with Crippen LogP contribution in [0, 0.1) is 5.92 Å². The standard InChI is InChI=1S/C16H22N4O4/c17-14(21)11-7-12(15(18)22)16(23)20(9-11)13-8-10(13)1-2-19-3-5-24-6-4-19/h7,9-10,13H,1-6,8H2,(H2,17,21)(H2,18,22). The van der Waals surface area contributed by atoms with Gasteiger partial charge in [0.05, 0.1) is 18.8 Å². The molecule has 0 radical (unpaired) electrons. The van der Waals surface area contributed by atoms with Crippen LogP contribution >= 0.6 is 0 Å². The van der Waals surface area contributed by atoms with Gasteiger partial charge in [0.2, 0.25) is 5.91 Å². The zero-order valence-electron chi connectivity index (χ0n) is 13.4. The molecule has 1 aromatic rings. The number of carbonyl (C=O) groups is 2. The van der Waals surface area contributed by atoms with Crippen LogP contribution in [-0.2, 0) is 4.74 Å². The molecule has 2 aliphatic rings.